The summed E-state index contributed by atoms with van der Waals surface area (Å²) in [4.78, 5) is 35.4. The zero-order chi connectivity index (χ0) is 21.2. The molecule has 0 saturated carbocycles. The highest BCUT2D eigenvalue weighted by Gasteiger charge is 2.31. The normalized spacial score (nSPS) is 16.2. The SMILES string of the molecule is CC[C@H](C)[C@H](NC(=O)OC(C)(C)C)C(=O)NC(CC(C)C)C(O)CC[C]=O. The average molecular weight is 386 g/mol. The van der Waals surface area contributed by atoms with Gasteiger partial charge in [0.25, 0.3) is 0 Å². The van der Waals surface area contributed by atoms with Gasteiger partial charge in [-0.2, -0.15) is 0 Å². The van der Waals surface area contributed by atoms with E-state index in [-0.39, 0.29) is 30.6 Å². The molecule has 0 aromatic heterocycles. The van der Waals surface area contributed by atoms with E-state index in [1.807, 2.05) is 27.7 Å². The van der Waals surface area contributed by atoms with Gasteiger partial charge in [-0.05, 0) is 45.4 Å². The highest BCUT2D eigenvalue weighted by Crippen LogP contribution is 2.15. The van der Waals surface area contributed by atoms with Gasteiger partial charge >= 0.3 is 6.09 Å². The van der Waals surface area contributed by atoms with E-state index in [9.17, 15) is 19.5 Å². The summed E-state index contributed by atoms with van der Waals surface area (Å²) >= 11 is 0. The van der Waals surface area contributed by atoms with Gasteiger partial charge in [0.05, 0.1) is 12.1 Å². The van der Waals surface area contributed by atoms with Crippen LogP contribution in [0.2, 0.25) is 0 Å². The Labute approximate surface area is 163 Å². The summed E-state index contributed by atoms with van der Waals surface area (Å²) in [5.41, 5.74) is -0.664. The Hall–Kier alpha value is -1.63. The van der Waals surface area contributed by atoms with Crippen LogP contribution in [0.15, 0.2) is 0 Å². The molecular formula is C20H37N2O5. The molecule has 2 amide bonds. The van der Waals surface area contributed by atoms with Crippen LogP contribution in [0.4, 0.5) is 4.79 Å². The number of ether oxygens (including phenoxy) is 1. The van der Waals surface area contributed by atoms with E-state index in [2.05, 4.69) is 10.6 Å². The summed E-state index contributed by atoms with van der Waals surface area (Å²) in [6.07, 6.45) is 1.84. The Morgan fingerprint density at radius 1 is 1.15 bits per heavy atom. The zero-order valence-electron chi connectivity index (χ0n) is 17.8. The molecule has 0 aliphatic heterocycles. The maximum Gasteiger partial charge on any atom is 0.408 e. The lowest BCUT2D eigenvalue weighted by atomic mass is 9.94. The number of rotatable bonds is 11. The molecular weight excluding hydrogens is 348 g/mol. The van der Waals surface area contributed by atoms with Gasteiger partial charge in [-0.15, -0.1) is 0 Å². The smallest absolute Gasteiger partial charge is 0.408 e. The minimum atomic E-state index is -0.850. The molecule has 0 aromatic rings. The lowest BCUT2D eigenvalue weighted by molar-refractivity contribution is -0.126. The van der Waals surface area contributed by atoms with Crippen LogP contribution in [0.1, 0.15) is 74.1 Å². The predicted molar refractivity (Wildman–Crippen MR) is 105 cm³/mol. The molecule has 0 heterocycles. The maximum absolute atomic E-state index is 12.8. The maximum atomic E-state index is 12.8. The molecule has 7 nitrogen and oxygen atoms in total. The minimum absolute atomic E-state index is 0.108. The summed E-state index contributed by atoms with van der Waals surface area (Å²) in [5, 5.41) is 15.8. The largest absolute Gasteiger partial charge is 0.444 e. The van der Waals surface area contributed by atoms with Crippen molar-refractivity contribution in [3.8, 4) is 0 Å². The van der Waals surface area contributed by atoms with Gasteiger partial charge in [-0.3, -0.25) is 9.59 Å². The topological polar surface area (TPSA) is 105 Å². The van der Waals surface area contributed by atoms with Crippen LogP contribution in [0.5, 0.6) is 0 Å². The van der Waals surface area contributed by atoms with Gasteiger partial charge in [0.15, 0.2) is 6.29 Å². The molecule has 0 rings (SSSR count). The monoisotopic (exact) mass is 385 g/mol. The van der Waals surface area contributed by atoms with Crippen molar-refractivity contribution in [1.29, 1.82) is 0 Å². The Balaban J connectivity index is 5.20. The quantitative estimate of drug-likeness (QED) is 0.507. The summed E-state index contributed by atoms with van der Waals surface area (Å²) in [6, 6.07) is -1.28. The zero-order valence-corrected chi connectivity index (χ0v) is 17.8. The third kappa shape index (κ3) is 11.0. The average Bonchev–Trinajstić information content (AvgIpc) is 2.54. The van der Waals surface area contributed by atoms with Gasteiger partial charge in [-0.1, -0.05) is 34.1 Å². The van der Waals surface area contributed by atoms with Crippen LogP contribution in [0.25, 0.3) is 0 Å². The molecule has 0 aliphatic carbocycles. The van der Waals surface area contributed by atoms with Gasteiger partial charge in [-0.25, -0.2) is 4.79 Å². The highest BCUT2D eigenvalue weighted by molar-refractivity contribution is 5.86. The number of nitrogens with one attached hydrogen (secondary N) is 2. The molecule has 0 bridgehead atoms. The molecule has 4 atom stereocenters. The first kappa shape index (κ1) is 25.4. The summed E-state index contributed by atoms with van der Waals surface area (Å²) < 4.78 is 5.26. The number of aliphatic hydroxyl groups is 1. The first-order valence-electron chi connectivity index (χ1n) is 9.74. The molecule has 27 heavy (non-hydrogen) atoms. The lowest BCUT2D eigenvalue weighted by Crippen LogP contribution is -2.55. The number of amides is 2. The van der Waals surface area contributed by atoms with Gasteiger partial charge in [0.2, 0.25) is 5.91 Å². The molecule has 0 aromatic carbocycles. The number of alkyl carbamates (subject to hydrolysis) is 1. The van der Waals surface area contributed by atoms with Crippen molar-refractivity contribution < 1.29 is 24.2 Å². The van der Waals surface area contributed by atoms with Crippen LogP contribution >= 0.6 is 0 Å². The van der Waals surface area contributed by atoms with E-state index in [4.69, 9.17) is 4.74 Å². The van der Waals surface area contributed by atoms with Crippen LogP contribution < -0.4 is 10.6 Å². The van der Waals surface area contributed by atoms with E-state index in [0.29, 0.717) is 12.8 Å². The van der Waals surface area contributed by atoms with Gasteiger partial charge in [0.1, 0.15) is 11.6 Å². The van der Waals surface area contributed by atoms with Crippen LogP contribution in [-0.2, 0) is 14.3 Å². The molecule has 0 fully saturated rings. The number of hydrogen-bond acceptors (Lipinski definition) is 5. The van der Waals surface area contributed by atoms with Crippen molar-refractivity contribution in [2.45, 2.75) is 97.9 Å². The number of carbonyl (C=O) groups excluding carboxylic acids is 3. The predicted octanol–water partition coefficient (Wildman–Crippen LogP) is 2.71. The first-order valence-corrected chi connectivity index (χ1v) is 9.74. The molecule has 1 radical (unpaired) electrons. The first-order chi connectivity index (χ1) is 12.4. The van der Waals surface area contributed by atoms with Crippen LogP contribution in [0, 0.1) is 11.8 Å². The fourth-order valence-corrected chi connectivity index (χ4v) is 2.64. The molecule has 157 valence electrons. The van der Waals surface area contributed by atoms with Gasteiger partial charge < -0.3 is 20.5 Å². The summed E-state index contributed by atoms with van der Waals surface area (Å²) in [5.74, 6) is -0.237. The molecule has 0 spiro atoms. The second kappa shape index (κ2) is 12.0. The second-order valence-electron chi connectivity index (χ2n) is 8.50. The molecule has 0 saturated heterocycles. The van der Waals surface area contributed by atoms with E-state index in [0.717, 1.165) is 0 Å². The molecule has 2 unspecified atom stereocenters. The van der Waals surface area contributed by atoms with Crippen molar-refractivity contribution in [3.63, 3.8) is 0 Å². The van der Waals surface area contributed by atoms with Crippen molar-refractivity contribution in [2.24, 2.45) is 11.8 Å². The Morgan fingerprint density at radius 2 is 1.74 bits per heavy atom. The van der Waals surface area contributed by atoms with Crippen molar-refractivity contribution in [3.05, 3.63) is 0 Å². The number of aliphatic hydroxyl groups excluding tert-OH is 1. The summed E-state index contributed by atoms with van der Waals surface area (Å²) in [7, 11) is 0. The minimum Gasteiger partial charge on any atom is -0.444 e. The van der Waals surface area contributed by atoms with E-state index >= 15 is 0 Å². The fraction of sp³-hybridized carbons (Fsp3) is 0.850. The van der Waals surface area contributed by atoms with Gasteiger partial charge in [0, 0.05) is 6.42 Å². The molecule has 3 N–H and O–H groups in total. The summed E-state index contributed by atoms with van der Waals surface area (Å²) in [6.45, 7) is 13.0. The molecule has 7 heteroatoms. The van der Waals surface area contributed by atoms with Crippen LogP contribution in [0.3, 0.4) is 0 Å². The van der Waals surface area contributed by atoms with Crippen molar-refractivity contribution >= 4 is 18.3 Å². The Kier molecular flexibility index (Phi) is 11.2. The van der Waals surface area contributed by atoms with E-state index < -0.39 is 29.9 Å². The van der Waals surface area contributed by atoms with E-state index in [1.54, 1.807) is 27.1 Å². The van der Waals surface area contributed by atoms with Crippen LogP contribution in [-0.4, -0.2) is 47.2 Å². The number of carbonyl (C=O) groups is 2. The van der Waals surface area contributed by atoms with E-state index in [1.165, 1.54) is 0 Å². The Morgan fingerprint density at radius 3 is 2.19 bits per heavy atom. The number of hydrogen-bond donors (Lipinski definition) is 3. The third-order valence-corrected chi connectivity index (χ3v) is 4.23. The Bertz CT molecular complexity index is 473. The van der Waals surface area contributed by atoms with Crippen molar-refractivity contribution in [2.75, 3.05) is 0 Å². The molecule has 0 aliphatic rings. The third-order valence-electron chi connectivity index (χ3n) is 4.23. The highest BCUT2D eigenvalue weighted by atomic mass is 16.6. The fourth-order valence-electron chi connectivity index (χ4n) is 2.64. The lowest BCUT2D eigenvalue weighted by Gasteiger charge is -2.30. The second-order valence-corrected chi connectivity index (χ2v) is 8.50. The van der Waals surface area contributed by atoms with Crippen molar-refractivity contribution in [1.82, 2.24) is 10.6 Å². The standard InChI is InChI=1S/C20H37N2O5/c1-8-14(4)17(22-19(26)27-20(5,6)7)18(25)21-15(12-13(2)3)16(24)10-9-11-23/h13-17,24H,8-10,12H2,1-7H3,(H,21,25)(H,22,26)/t14-,15?,16?,17-/m0/s1.